The third kappa shape index (κ3) is 7.16. The summed E-state index contributed by atoms with van der Waals surface area (Å²) in [5.74, 6) is 0. The normalized spacial score (nSPS) is 11.5. The molecule has 2 aromatic heterocycles. The number of furan rings is 1. The minimum absolute atomic E-state index is 0.900. The second-order valence-corrected chi connectivity index (χ2v) is 17.7. The smallest absolute Gasteiger partial charge is 0.136 e. The van der Waals surface area contributed by atoms with E-state index in [0.29, 0.717) is 0 Å². The van der Waals surface area contributed by atoms with Gasteiger partial charge in [-0.2, -0.15) is 0 Å². The molecule has 324 valence electrons. The van der Waals surface area contributed by atoms with E-state index < -0.39 is 0 Å². The SMILES string of the molecule is c1ccc(-c2ccc(-c3ccccc3N(c3ccc(-c4cccc(-c5cccc6oc7ccccc7c56)c4)cc3)c3ccc(-c4cccc(-n5c6ccccc6c6ccccc65)c4)cc3)cc2)cc1. The van der Waals surface area contributed by atoms with Crippen LogP contribution in [0.3, 0.4) is 0 Å². The fraction of sp³-hybridized carbons (Fsp3) is 0. The third-order valence-corrected chi connectivity index (χ3v) is 13.6. The third-order valence-electron chi connectivity index (χ3n) is 13.6. The van der Waals surface area contributed by atoms with Crippen LogP contribution in [0.1, 0.15) is 0 Å². The molecule has 0 aliphatic rings. The fourth-order valence-corrected chi connectivity index (χ4v) is 10.3. The quantitative estimate of drug-likeness (QED) is 0.144. The monoisotopic (exact) mass is 880 g/mol. The first kappa shape index (κ1) is 40.1. The Labute approximate surface area is 401 Å². The molecule has 13 rings (SSSR count). The maximum absolute atomic E-state index is 6.27. The van der Waals surface area contributed by atoms with E-state index in [0.717, 1.165) is 89.2 Å². The van der Waals surface area contributed by atoms with E-state index in [4.69, 9.17) is 4.42 Å². The van der Waals surface area contributed by atoms with E-state index in [1.165, 1.54) is 32.9 Å². The predicted molar refractivity (Wildman–Crippen MR) is 290 cm³/mol. The highest BCUT2D eigenvalue weighted by Crippen LogP contribution is 2.43. The molecule has 0 bridgehead atoms. The molecule has 0 saturated heterocycles. The predicted octanol–water partition coefficient (Wildman–Crippen LogP) is 18.5. The van der Waals surface area contributed by atoms with E-state index in [1.54, 1.807) is 0 Å². The van der Waals surface area contributed by atoms with Crippen molar-refractivity contribution in [2.45, 2.75) is 0 Å². The highest BCUT2D eigenvalue weighted by atomic mass is 16.3. The topological polar surface area (TPSA) is 21.3 Å². The van der Waals surface area contributed by atoms with Crippen molar-refractivity contribution < 1.29 is 4.42 Å². The van der Waals surface area contributed by atoms with Gasteiger partial charge >= 0.3 is 0 Å². The Hall–Kier alpha value is -9.18. The van der Waals surface area contributed by atoms with Crippen LogP contribution in [-0.4, -0.2) is 4.57 Å². The Kier molecular flexibility index (Phi) is 9.84. The van der Waals surface area contributed by atoms with Crippen molar-refractivity contribution in [1.29, 1.82) is 0 Å². The van der Waals surface area contributed by atoms with Crippen LogP contribution in [-0.2, 0) is 0 Å². The summed E-state index contributed by atoms with van der Waals surface area (Å²) in [7, 11) is 0. The van der Waals surface area contributed by atoms with Crippen LogP contribution in [0.5, 0.6) is 0 Å². The fourth-order valence-electron chi connectivity index (χ4n) is 10.3. The van der Waals surface area contributed by atoms with Crippen LogP contribution < -0.4 is 4.90 Å². The van der Waals surface area contributed by atoms with Gasteiger partial charge in [-0.3, -0.25) is 0 Å². The Balaban J connectivity index is 0.888. The van der Waals surface area contributed by atoms with Crippen LogP contribution in [0.15, 0.2) is 271 Å². The number of para-hydroxylation sites is 4. The number of hydrogen-bond donors (Lipinski definition) is 0. The number of rotatable bonds is 9. The van der Waals surface area contributed by atoms with Crippen molar-refractivity contribution in [1.82, 2.24) is 4.57 Å². The molecule has 0 amide bonds. The van der Waals surface area contributed by atoms with Gasteiger partial charge in [0.2, 0.25) is 0 Å². The number of hydrogen-bond acceptors (Lipinski definition) is 2. The van der Waals surface area contributed by atoms with Crippen molar-refractivity contribution >= 4 is 60.8 Å². The minimum atomic E-state index is 0.900. The van der Waals surface area contributed by atoms with Crippen molar-refractivity contribution in [2.24, 2.45) is 0 Å². The molecular formula is C66H44N2O. The summed E-state index contributed by atoms with van der Waals surface area (Å²) in [5.41, 5.74) is 20.2. The molecule has 3 heteroatoms. The van der Waals surface area contributed by atoms with Crippen LogP contribution >= 0.6 is 0 Å². The second-order valence-electron chi connectivity index (χ2n) is 17.7. The molecule has 11 aromatic carbocycles. The summed E-state index contributed by atoms with van der Waals surface area (Å²) in [4.78, 5) is 2.39. The Morgan fingerprint density at radius 3 is 1.46 bits per heavy atom. The highest BCUT2D eigenvalue weighted by Gasteiger charge is 2.19. The second kappa shape index (κ2) is 16.9. The van der Waals surface area contributed by atoms with E-state index >= 15 is 0 Å². The Morgan fingerprint density at radius 2 is 0.754 bits per heavy atom. The minimum Gasteiger partial charge on any atom is -0.456 e. The Bertz CT molecular complexity index is 3940. The molecule has 69 heavy (non-hydrogen) atoms. The molecular weight excluding hydrogens is 837 g/mol. The van der Waals surface area contributed by atoms with E-state index in [9.17, 15) is 0 Å². The average molecular weight is 881 g/mol. The number of fused-ring (bicyclic) bond motifs is 6. The maximum atomic E-state index is 6.27. The standard InChI is InChI=1S/C66H44N2O/c1-2-15-45(16-3-1)46-31-33-49(34-32-46)56-21-4-8-26-61(56)67(53-39-35-47(36-40-53)50-17-12-19-52(43-50)57-25-14-30-65-66(57)60-24-7-11-29-64(60)69-65)54-41-37-48(38-42-54)51-18-13-20-55(44-51)68-62-27-9-5-22-58(62)59-23-6-10-28-63(59)68/h1-44H. The zero-order valence-corrected chi connectivity index (χ0v) is 37.7. The molecule has 3 nitrogen and oxygen atoms in total. The molecule has 0 saturated carbocycles. The van der Waals surface area contributed by atoms with Gasteiger partial charge in [-0.1, -0.05) is 194 Å². The lowest BCUT2D eigenvalue weighted by Crippen LogP contribution is -2.11. The molecule has 0 unspecified atom stereocenters. The summed E-state index contributed by atoms with van der Waals surface area (Å²) >= 11 is 0. The lowest BCUT2D eigenvalue weighted by atomic mass is 9.95. The maximum Gasteiger partial charge on any atom is 0.136 e. The van der Waals surface area contributed by atoms with Gasteiger partial charge in [-0.25, -0.2) is 0 Å². The molecule has 0 fully saturated rings. The first-order valence-electron chi connectivity index (χ1n) is 23.6. The Morgan fingerprint density at radius 1 is 0.290 bits per heavy atom. The highest BCUT2D eigenvalue weighted by molar-refractivity contribution is 6.13. The summed E-state index contributed by atoms with van der Waals surface area (Å²) in [6, 6.07) is 96.1. The summed E-state index contributed by atoms with van der Waals surface area (Å²) < 4.78 is 8.65. The van der Waals surface area contributed by atoms with E-state index in [-0.39, 0.29) is 0 Å². The summed E-state index contributed by atoms with van der Waals surface area (Å²) in [6.07, 6.45) is 0. The van der Waals surface area contributed by atoms with Crippen molar-refractivity contribution in [3.63, 3.8) is 0 Å². The lowest BCUT2D eigenvalue weighted by Gasteiger charge is -2.28. The van der Waals surface area contributed by atoms with Gasteiger partial charge in [-0.05, 0) is 123 Å². The van der Waals surface area contributed by atoms with Crippen LogP contribution in [0.4, 0.5) is 17.1 Å². The zero-order valence-electron chi connectivity index (χ0n) is 37.7. The van der Waals surface area contributed by atoms with Crippen LogP contribution in [0.2, 0.25) is 0 Å². The van der Waals surface area contributed by atoms with Crippen molar-refractivity contribution in [3.05, 3.63) is 267 Å². The van der Waals surface area contributed by atoms with E-state index in [2.05, 4.69) is 264 Å². The molecule has 0 aliphatic carbocycles. The van der Waals surface area contributed by atoms with E-state index in [1.807, 2.05) is 12.1 Å². The molecule has 0 atom stereocenters. The summed E-state index contributed by atoms with van der Waals surface area (Å²) in [5, 5.41) is 4.79. The molecule has 0 N–H and O–H groups in total. The number of aromatic nitrogens is 1. The van der Waals surface area contributed by atoms with Gasteiger partial charge in [-0.15, -0.1) is 0 Å². The molecule has 2 heterocycles. The lowest BCUT2D eigenvalue weighted by molar-refractivity contribution is 0.669. The number of benzene rings is 11. The molecule has 0 aliphatic heterocycles. The van der Waals surface area contributed by atoms with Crippen molar-refractivity contribution in [2.75, 3.05) is 4.90 Å². The first-order valence-corrected chi connectivity index (χ1v) is 23.6. The summed E-state index contributed by atoms with van der Waals surface area (Å²) in [6.45, 7) is 0. The van der Waals surface area contributed by atoms with Gasteiger partial charge in [0, 0.05) is 44.2 Å². The van der Waals surface area contributed by atoms with Crippen LogP contribution in [0.25, 0.3) is 105 Å². The zero-order chi connectivity index (χ0) is 45.7. The van der Waals surface area contributed by atoms with Gasteiger partial charge in [0.05, 0.1) is 16.7 Å². The van der Waals surface area contributed by atoms with Gasteiger partial charge in [0.1, 0.15) is 11.2 Å². The van der Waals surface area contributed by atoms with Crippen molar-refractivity contribution in [3.8, 4) is 61.3 Å². The number of nitrogens with zero attached hydrogens (tertiary/aromatic N) is 2. The molecule has 0 spiro atoms. The van der Waals surface area contributed by atoms with Gasteiger partial charge in [0.15, 0.2) is 0 Å². The first-order chi connectivity index (χ1) is 34.2. The van der Waals surface area contributed by atoms with Gasteiger partial charge in [0.25, 0.3) is 0 Å². The number of anilines is 3. The average Bonchev–Trinajstić information content (AvgIpc) is 3.98. The molecule has 13 aromatic rings. The largest absolute Gasteiger partial charge is 0.456 e. The van der Waals surface area contributed by atoms with Gasteiger partial charge < -0.3 is 13.9 Å². The molecule has 0 radical (unpaired) electrons. The van der Waals surface area contributed by atoms with Crippen LogP contribution in [0, 0.1) is 0 Å².